The molecule has 0 saturated carbocycles. The maximum atomic E-state index is 3.52. The van der Waals surface area contributed by atoms with Gasteiger partial charge in [0.25, 0.3) is 0 Å². The number of rotatable bonds is 2. The van der Waals surface area contributed by atoms with Crippen LogP contribution < -0.4 is 0 Å². The summed E-state index contributed by atoms with van der Waals surface area (Å²) >= 11 is 7.04. The highest BCUT2D eigenvalue weighted by molar-refractivity contribution is 9.10. The van der Waals surface area contributed by atoms with Gasteiger partial charge in [-0.2, -0.15) is 0 Å². The maximum Gasteiger partial charge on any atom is 0.0175 e. The van der Waals surface area contributed by atoms with Crippen LogP contribution in [0.3, 0.4) is 0 Å². The minimum Gasteiger partial charge on any atom is -0.0726 e. The molecule has 3 aliphatic carbocycles. The summed E-state index contributed by atoms with van der Waals surface area (Å²) in [5.74, 6) is 1.12. The van der Waals surface area contributed by atoms with Gasteiger partial charge < -0.3 is 0 Å². The third-order valence-corrected chi connectivity index (χ3v) is 5.76. The summed E-state index contributed by atoms with van der Waals surface area (Å²) in [5, 5.41) is 0. The summed E-state index contributed by atoms with van der Waals surface area (Å²) in [6.45, 7) is 0. The zero-order valence-corrected chi connectivity index (χ0v) is 15.3. The Bertz CT molecular complexity index is 684. The van der Waals surface area contributed by atoms with Crippen molar-refractivity contribution in [3.8, 4) is 0 Å². The summed E-state index contributed by atoms with van der Waals surface area (Å²) in [6, 6.07) is 17.5. The lowest BCUT2D eigenvalue weighted by Crippen LogP contribution is -2.20. The molecule has 2 unspecified atom stereocenters. The van der Waals surface area contributed by atoms with E-state index in [1.165, 1.54) is 35.1 Å². The summed E-state index contributed by atoms with van der Waals surface area (Å²) in [5.41, 5.74) is 5.74. The van der Waals surface area contributed by atoms with E-state index >= 15 is 0 Å². The van der Waals surface area contributed by atoms with E-state index in [9.17, 15) is 0 Å². The fraction of sp³-hybridized carbons (Fsp3) is 0.200. The molecule has 3 aliphatic rings. The molecule has 0 nitrogen and oxygen atoms in total. The van der Waals surface area contributed by atoms with E-state index in [2.05, 4.69) is 92.5 Å². The molecule has 110 valence electrons. The molecule has 5 rings (SSSR count). The first-order valence-corrected chi connectivity index (χ1v) is 9.24. The number of allylic oxidation sites excluding steroid dienone is 4. The third kappa shape index (κ3) is 2.63. The van der Waals surface area contributed by atoms with Crippen LogP contribution in [-0.2, 0) is 0 Å². The summed E-state index contributed by atoms with van der Waals surface area (Å²) in [7, 11) is 0. The van der Waals surface area contributed by atoms with Gasteiger partial charge in [0.1, 0.15) is 0 Å². The number of benzene rings is 2. The van der Waals surface area contributed by atoms with E-state index in [1.807, 2.05) is 0 Å². The van der Waals surface area contributed by atoms with Gasteiger partial charge in [0.2, 0.25) is 0 Å². The van der Waals surface area contributed by atoms with Gasteiger partial charge in [-0.05, 0) is 59.4 Å². The highest BCUT2D eigenvalue weighted by Crippen LogP contribution is 2.47. The molecule has 0 N–H and O–H groups in total. The molecular formula is C20H16Br2. The number of hydrogen-bond acceptors (Lipinski definition) is 0. The molecule has 2 aromatic rings. The molecule has 0 fully saturated rings. The van der Waals surface area contributed by atoms with Crippen LogP contribution >= 0.6 is 31.9 Å². The van der Waals surface area contributed by atoms with Crippen molar-refractivity contribution in [2.45, 2.75) is 12.8 Å². The molecule has 22 heavy (non-hydrogen) atoms. The second-order valence-corrected chi connectivity index (χ2v) is 7.88. The van der Waals surface area contributed by atoms with Crippen molar-refractivity contribution in [1.82, 2.24) is 0 Å². The van der Waals surface area contributed by atoms with Crippen molar-refractivity contribution < 1.29 is 0 Å². The van der Waals surface area contributed by atoms with Crippen LogP contribution in [0.2, 0.25) is 0 Å². The van der Waals surface area contributed by atoms with E-state index in [0.717, 1.165) is 8.95 Å². The summed E-state index contributed by atoms with van der Waals surface area (Å²) in [6.07, 6.45) is 7.53. The van der Waals surface area contributed by atoms with Crippen LogP contribution in [0.25, 0.3) is 11.1 Å². The Labute approximate surface area is 148 Å². The summed E-state index contributed by atoms with van der Waals surface area (Å²) in [4.78, 5) is 0. The third-order valence-electron chi connectivity index (χ3n) is 4.70. The standard InChI is InChI=1S/C20H16Br2/c21-17-7-3-13(4-8-17)19-12-16-2-1-15(19)11-20(16)14-5-9-18(22)10-6-14/h3-12,15-16H,1-2H2. The minimum absolute atomic E-state index is 0.560. The van der Waals surface area contributed by atoms with Crippen molar-refractivity contribution in [2.24, 2.45) is 11.8 Å². The highest BCUT2D eigenvalue weighted by atomic mass is 79.9. The van der Waals surface area contributed by atoms with Gasteiger partial charge in [-0.3, -0.25) is 0 Å². The fourth-order valence-electron chi connectivity index (χ4n) is 3.60. The SMILES string of the molecule is Brc1ccc(C2=CC3CCC2C=C3c2ccc(Br)cc2)cc1. The van der Waals surface area contributed by atoms with E-state index in [4.69, 9.17) is 0 Å². The molecule has 2 aromatic carbocycles. The van der Waals surface area contributed by atoms with Crippen LogP contribution in [0, 0.1) is 11.8 Å². The zero-order valence-electron chi connectivity index (χ0n) is 12.1. The van der Waals surface area contributed by atoms with Gasteiger partial charge >= 0.3 is 0 Å². The van der Waals surface area contributed by atoms with Gasteiger partial charge in [0.05, 0.1) is 0 Å². The number of fused-ring (bicyclic) bond motifs is 1. The molecule has 0 heterocycles. The minimum atomic E-state index is 0.560. The monoisotopic (exact) mass is 414 g/mol. The van der Waals surface area contributed by atoms with Crippen molar-refractivity contribution >= 4 is 43.0 Å². The lowest BCUT2D eigenvalue weighted by molar-refractivity contribution is 0.556. The second-order valence-electron chi connectivity index (χ2n) is 6.05. The van der Waals surface area contributed by atoms with Crippen molar-refractivity contribution in [3.05, 3.63) is 80.8 Å². The van der Waals surface area contributed by atoms with Gasteiger partial charge in [0, 0.05) is 20.8 Å². The lowest BCUT2D eigenvalue weighted by atomic mass is 9.69. The molecule has 0 saturated heterocycles. The Balaban J connectivity index is 1.68. The molecule has 0 radical (unpaired) electrons. The Kier molecular flexibility index (Phi) is 3.83. The average Bonchev–Trinajstić information content (AvgIpc) is 2.56. The topological polar surface area (TPSA) is 0 Å². The normalized spacial score (nSPS) is 23.2. The van der Waals surface area contributed by atoms with Crippen molar-refractivity contribution in [2.75, 3.05) is 0 Å². The first-order chi connectivity index (χ1) is 10.7. The van der Waals surface area contributed by atoms with Crippen molar-refractivity contribution in [3.63, 3.8) is 0 Å². The van der Waals surface area contributed by atoms with E-state index < -0.39 is 0 Å². The average molecular weight is 416 g/mol. The van der Waals surface area contributed by atoms with E-state index in [-0.39, 0.29) is 0 Å². The predicted molar refractivity (Wildman–Crippen MR) is 100 cm³/mol. The Hall–Kier alpha value is -1.12. The smallest absolute Gasteiger partial charge is 0.0175 e. The lowest BCUT2D eigenvalue weighted by Gasteiger charge is -2.35. The van der Waals surface area contributed by atoms with Gasteiger partial charge in [-0.1, -0.05) is 68.3 Å². The zero-order chi connectivity index (χ0) is 15.1. The fourth-order valence-corrected chi connectivity index (χ4v) is 4.13. The van der Waals surface area contributed by atoms with Crippen LogP contribution in [0.1, 0.15) is 24.0 Å². The number of halogens is 2. The molecule has 0 amide bonds. The van der Waals surface area contributed by atoms with Gasteiger partial charge in [-0.25, -0.2) is 0 Å². The van der Waals surface area contributed by atoms with E-state index in [0.29, 0.717) is 11.8 Å². The van der Waals surface area contributed by atoms with Crippen LogP contribution in [0.5, 0.6) is 0 Å². The quantitative estimate of drug-likeness (QED) is 0.510. The summed E-state index contributed by atoms with van der Waals surface area (Å²) < 4.78 is 2.29. The molecule has 0 spiro atoms. The van der Waals surface area contributed by atoms with Crippen LogP contribution in [0.15, 0.2) is 69.6 Å². The predicted octanol–water partition coefficient (Wildman–Crippen LogP) is 6.72. The highest BCUT2D eigenvalue weighted by Gasteiger charge is 2.30. The molecule has 2 heteroatoms. The largest absolute Gasteiger partial charge is 0.0726 e. The molecule has 2 bridgehead atoms. The molecule has 0 aromatic heterocycles. The van der Waals surface area contributed by atoms with Crippen LogP contribution in [-0.4, -0.2) is 0 Å². The molecular weight excluding hydrogens is 400 g/mol. The first-order valence-electron chi connectivity index (χ1n) is 7.66. The van der Waals surface area contributed by atoms with E-state index in [1.54, 1.807) is 0 Å². The van der Waals surface area contributed by atoms with Gasteiger partial charge in [-0.15, -0.1) is 0 Å². The Morgan fingerprint density at radius 3 is 1.27 bits per heavy atom. The first kappa shape index (κ1) is 14.5. The Morgan fingerprint density at radius 2 is 0.955 bits per heavy atom. The molecule has 2 atom stereocenters. The van der Waals surface area contributed by atoms with Crippen LogP contribution in [0.4, 0.5) is 0 Å². The second kappa shape index (κ2) is 5.82. The van der Waals surface area contributed by atoms with Gasteiger partial charge in [0.15, 0.2) is 0 Å². The Morgan fingerprint density at radius 1 is 0.591 bits per heavy atom. The number of hydrogen-bond donors (Lipinski definition) is 0. The molecule has 0 aliphatic heterocycles. The maximum absolute atomic E-state index is 3.52. The van der Waals surface area contributed by atoms with Crippen molar-refractivity contribution in [1.29, 1.82) is 0 Å².